The Kier molecular flexibility index (Phi) is 11.6. The summed E-state index contributed by atoms with van der Waals surface area (Å²) in [5.74, 6) is -0.538. The van der Waals surface area contributed by atoms with Crippen molar-refractivity contribution in [3.8, 4) is 11.1 Å². The Morgan fingerprint density at radius 1 is 1.05 bits per heavy atom. The number of hydrogen-bond acceptors (Lipinski definition) is 6. The van der Waals surface area contributed by atoms with Crippen LogP contribution < -0.4 is 5.32 Å². The van der Waals surface area contributed by atoms with Crippen LogP contribution in [0.1, 0.15) is 46.5 Å². The highest BCUT2D eigenvalue weighted by molar-refractivity contribution is 7.99. The number of benzene rings is 3. The molecule has 3 aromatic rings. The molecule has 2 atom stereocenters. The Labute approximate surface area is 245 Å². The molecule has 2 N–H and O–H groups in total. The number of nitrogens with one attached hydrogen (secondary N) is 1. The molecule has 0 fully saturated rings. The van der Waals surface area contributed by atoms with E-state index >= 15 is 0 Å². The molecule has 2 unspecified atom stereocenters. The van der Waals surface area contributed by atoms with Crippen molar-refractivity contribution in [3.63, 3.8) is 0 Å². The number of aryl methyl sites for hydroxylation is 1. The van der Waals surface area contributed by atoms with Crippen LogP contribution in [0.2, 0.25) is 5.02 Å². The number of carbonyl (C=O) groups excluding carboxylic acids is 1. The van der Waals surface area contributed by atoms with Gasteiger partial charge >= 0.3 is 5.97 Å². The number of aliphatic carboxylic acids is 1. The molecule has 7 nitrogen and oxygen atoms in total. The van der Waals surface area contributed by atoms with Crippen LogP contribution in [-0.2, 0) is 26.0 Å². The van der Waals surface area contributed by atoms with Gasteiger partial charge in [0.2, 0.25) is 0 Å². The Hall–Kier alpha value is -2.85. The molecule has 1 amide bonds. The number of thioether (sulfide) groups is 1. The summed E-state index contributed by atoms with van der Waals surface area (Å²) in [4.78, 5) is 25.1. The lowest BCUT2D eigenvalue weighted by Crippen LogP contribution is -2.42. The quantitative estimate of drug-likeness (QED) is 0.234. The summed E-state index contributed by atoms with van der Waals surface area (Å²) >= 11 is 7.99. The first-order valence-electron chi connectivity index (χ1n) is 12.8. The van der Waals surface area contributed by atoms with Crippen molar-refractivity contribution in [1.82, 2.24) is 5.32 Å². The normalized spacial score (nSPS) is 13.0. The van der Waals surface area contributed by atoms with Crippen LogP contribution in [0.5, 0.6) is 0 Å². The first-order valence-corrected chi connectivity index (χ1v) is 16.4. The van der Waals surface area contributed by atoms with Crippen molar-refractivity contribution in [1.29, 1.82) is 0 Å². The number of carbonyl (C=O) groups is 2. The van der Waals surface area contributed by atoms with Crippen LogP contribution in [-0.4, -0.2) is 55.0 Å². The van der Waals surface area contributed by atoms with Gasteiger partial charge in [-0.25, -0.2) is 13.2 Å². The number of carboxylic acids is 1. The molecule has 0 heterocycles. The number of halogens is 1. The molecule has 0 spiro atoms. The predicted molar refractivity (Wildman–Crippen MR) is 162 cm³/mol. The number of ether oxygens (including phenoxy) is 1. The van der Waals surface area contributed by atoms with E-state index in [1.807, 2.05) is 61.5 Å². The molecule has 0 aliphatic heterocycles. The largest absolute Gasteiger partial charge is 0.480 e. The molecule has 0 aromatic heterocycles. The Morgan fingerprint density at radius 3 is 2.45 bits per heavy atom. The molecular formula is C30H34ClNO6S2. The smallest absolute Gasteiger partial charge is 0.326 e. The zero-order valence-electron chi connectivity index (χ0n) is 22.7. The molecule has 214 valence electrons. The van der Waals surface area contributed by atoms with E-state index < -0.39 is 27.8 Å². The zero-order valence-corrected chi connectivity index (χ0v) is 25.1. The highest BCUT2D eigenvalue weighted by Crippen LogP contribution is 2.30. The number of sulfone groups is 1. The van der Waals surface area contributed by atoms with E-state index in [1.54, 1.807) is 23.9 Å². The summed E-state index contributed by atoms with van der Waals surface area (Å²) in [6.07, 6.45) is 0.620. The van der Waals surface area contributed by atoms with Crippen LogP contribution in [0.3, 0.4) is 0 Å². The maximum atomic E-state index is 13.3. The molecule has 0 aliphatic rings. The van der Waals surface area contributed by atoms with Gasteiger partial charge in [0.1, 0.15) is 15.9 Å². The minimum absolute atomic E-state index is 0.181. The second-order valence-electron chi connectivity index (χ2n) is 9.49. The van der Waals surface area contributed by atoms with Crippen molar-refractivity contribution in [2.75, 3.05) is 23.5 Å². The number of rotatable bonds is 14. The van der Waals surface area contributed by atoms with Gasteiger partial charge in [0, 0.05) is 22.6 Å². The summed E-state index contributed by atoms with van der Waals surface area (Å²) in [5, 5.41) is 12.7. The van der Waals surface area contributed by atoms with Crippen molar-refractivity contribution >= 4 is 45.1 Å². The average molecular weight is 604 g/mol. The molecule has 0 aliphatic carbocycles. The first kappa shape index (κ1) is 31.7. The minimum Gasteiger partial charge on any atom is -0.480 e. The lowest BCUT2D eigenvalue weighted by atomic mass is 9.93. The second kappa shape index (κ2) is 14.7. The van der Waals surface area contributed by atoms with Gasteiger partial charge in [-0.05, 0) is 71.2 Å². The van der Waals surface area contributed by atoms with E-state index in [-0.39, 0.29) is 30.4 Å². The van der Waals surface area contributed by atoms with Gasteiger partial charge < -0.3 is 15.2 Å². The van der Waals surface area contributed by atoms with Crippen LogP contribution in [0, 0.1) is 6.92 Å². The zero-order chi connectivity index (χ0) is 29.3. The molecule has 0 saturated carbocycles. The molecule has 0 saturated heterocycles. The van der Waals surface area contributed by atoms with Gasteiger partial charge in [-0.3, -0.25) is 4.79 Å². The molecule has 0 radical (unpaired) electrons. The molecule has 3 rings (SSSR count). The van der Waals surface area contributed by atoms with E-state index in [4.69, 9.17) is 16.3 Å². The predicted octanol–water partition coefficient (Wildman–Crippen LogP) is 5.94. The van der Waals surface area contributed by atoms with E-state index in [0.29, 0.717) is 10.6 Å². The Morgan fingerprint density at radius 2 is 1.80 bits per heavy atom. The lowest BCUT2D eigenvalue weighted by Gasteiger charge is -2.20. The van der Waals surface area contributed by atoms with Gasteiger partial charge in [-0.2, -0.15) is 11.8 Å². The first-order chi connectivity index (χ1) is 19.0. The van der Waals surface area contributed by atoms with Gasteiger partial charge in [-0.15, -0.1) is 0 Å². The van der Waals surface area contributed by atoms with Crippen molar-refractivity contribution in [2.45, 2.75) is 39.0 Å². The highest BCUT2D eigenvalue weighted by atomic mass is 35.5. The van der Waals surface area contributed by atoms with Gasteiger partial charge in [0.05, 0.1) is 18.5 Å². The SMILES string of the molecule is CCSCC(OCc1ccc(C(=O)NC(CCS(C)(=O)=O)C(=O)O)c(-c2ccccc2C)c1)c1cccc(Cl)c1. The molecule has 3 aromatic carbocycles. The van der Waals surface area contributed by atoms with Gasteiger partial charge in [0.15, 0.2) is 0 Å². The number of carboxylic acid groups (broad SMARTS) is 1. The molecule has 0 bridgehead atoms. The topological polar surface area (TPSA) is 110 Å². The highest BCUT2D eigenvalue weighted by Gasteiger charge is 2.24. The summed E-state index contributed by atoms with van der Waals surface area (Å²) < 4.78 is 29.5. The van der Waals surface area contributed by atoms with Crippen LogP contribution in [0.15, 0.2) is 66.7 Å². The summed E-state index contributed by atoms with van der Waals surface area (Å²) in [7, 11) is -3.39. The monoisotopic (exact) mass is 603 g/mol. The Bertz CT molecular complexity index is 1440. The third-order valence-corrected chi connectivity index (χ3v) is 8.45. The fourth-order valence-electron chi connectivity index (χ4n) is 4.17. The maximum Gasteiger partial charge on any atom is 0.326 e. The molecule has 10 heteroatoms. The van der Waals surface area contributed by atoms with Crippen LogP contribution in [0.25, 0.3) is 11.1 Å². The minimum atomic E-state index is -3.39. The third-order valence-electron chi connectivity index (χ3n) is 6.29. The average Bonchev–Trinajstić information content (AvgIpc) is 2.90. The summed E-state index contributed by atoms with van der Waals surface area (Å²) in [5.41, 5.74) is 4.51. The van der Waals surface area contributed by atoms with Crippen LogP contribution in [0.4, 0.5) is 0 Å². The van der Waals surface area contributed by atoms with Crippen molar-refractivity contribution in [2.24, 2.45) is 0 Å². The van der Waals surface area contributed by atoms with E-state index in [2.05, 4.69) is 12.2 Å². The molecule has 40 heavy (non-hydrogen) atoms. The van der Waals surface area contributed by atoms with Crippen molar-refractivity contribution < 1.29 is 27.9 Å². The second-order valence-corrected chi connectivity index (χ2v) is 13.5. The third kappa shape index (κ3) is 9.37. The van der Waals surface area contributed by atoms with Gasteiger partial charge in [0.25, 0.3) is 5.91 Å². The lowest BCUT2D eigenvalue weighted by molar-refractivity contribution is -0.139. The number of amides is 1. The molecular weight excluding hydrogens is 570 g/mol. The summed E-state index contributed by atoms with van der Waals surface area (Å²) in [6, 6.07) is 19.2. The van der Waals surface area contributed by atoms with Gasteiger partial charge in [-0.1, -0.05) is 61.0 Å². The van der Waals surface area contributed by atoms with E-state index in [9.17, 15) is 23.1 Å². The van der Waals surface area contributed by atoms with E-state index in [1.165, 1.54) is 0 Å². The number of hydrogen-bond donors (Lipinski definition) is 2. The van der Waals surface area contributed by atoms with Crippen LogP contribution >= 0.6 is 23.4 Å². The Balaban J connectivity index is 1.91. The standard InChI is InChI=1S/C30H34ClNO6S2/c1-4-39-19-28(22-9-7-10-23(31)17-22)38-18-21-12-13-25(26(16-21)24-11-6-5-8-20(24)2)29(33)32-27(30(34)35)14-15-40(3,36)37/h5-13,16-17,27-28H,4,14-15,18-19H2,1-3H3,(H,32,33)(H,34,35). The maximum absolute atomic E-state index is 13.3. The van der Waals surface area contributed by atoms with E-state index in [0.717, 1.165) is 40.0 Å². The van der Waals surface area contributed by atoms with Crippen molar-refractivity contribution in [3.05, 3.63) is 94.0 Å². The fraction of sp³-hybridized carbons (Fsp3) is 0.333. The fourth-order valence-corrected chi connectivity index (χ4v) is 5.77. The summed E-state index contributed by atoms with van der Waals surface area (Å²) in [6.45, 7) is 4.31.